The van der Waals surface area contributed by atoms with Crippen LogP contribution in [0.25, 0.3) is 0 Å². The molecule has 1 aliphatic rings. The van der Waals surface area contributed by atoms with E-state index in [9.17, 15) is 4.79 Å². The van der Waals surface area contributed by atoms with Crippen LogP contribution in [0, 0.1) is 19.8 Å². The fraction of sp³-hybridized carbons (Fsp3) is 0.562. The standard InChI is InChI=1S/C16H23N5OS/c1-9(13-10(2)20-21(4)11(13)3)18-16(22)19-14(12-5-6-12)15-17-7-8-23-15/h7-9,12,14H,5-6H2,1-4H3,(H2,18,19,22)/t9-,14-/m1/s1. The van der Waals surface area contributed by atoms with Crippen LogP contribution in [-0.4, -0.2) is 20.8 Å². The normalized spacial score (nSPS) is 16.9. The zero-order valence-electron chi connectivity index (χ0n) is 14.0. The lowest BCUT2D eigenvalue weighted by atomic mass is 10.1. The highest BCUT2D eigenvalue weighted by molar-refractivity contribution is 7.09. The molecule has 23 heavy (non-hydrogen) atoms. The van der Waals surface area contributed by atoms with E-state index in [1.807, 2.05) is 37.9 Å². The Hall–Kier alpha value is -1.89. The Labute approximate surface area is 140 Å². The highest BCUT2D eigenvalue weighted by Gasteiger charge is 2.35. The number of carbonyl (C=O) groups excluding carboxylic acids is 1. The number of nitrogens with zero attached hydrogens (tertiary/aromatic N) is 3. The Morgan fingerprint density at radius 2 is 2.13 bits per heavy atom. The van der Waals surface area contributed by atoms with Gasteiger partial charge in [-0.2, -0.15) is 5.10 Å². The molecular weight excluding hydrogens is 310 g/mol. The zero-order chi connectivity index (χ0) is 16.6. The van der Waals surface area contributed by atoms with Crippen molar-refractivity contribution in [3.8, 4) is 0 Å². The summed E-state index contributed by atoms with van der Waals surface area (Å²) in [6.07, 6.45) is 4.10. The molecule has 0 unspecified atom stereocenters. The number of thiazole rings is 1. The molecule has 124 valence electrons. The second kappa shape index (κ2) is 6.31. The van der Waals surface area contributed by atoms with Crippen LogP contribution in [0.15, 0.2) is 11.6 Å². The summed E-state index contributed by atoms with van der Waals surface area (Å²) < 4.78 is 1.85. The monoisotopic (exact) mass is 333 g/mol. The van der Waals surface area contributed by atoms with Crippen LogP contribution in [0.3, 0.4) is 0 Å². The minimum atomic E-state index is -0.146. The number of aryl methyl sites for hydroxylation is 2. The molecule has 3 rings (SSSR count). The van der Waals surface area contributed by atoms with Gasteiger partial charge in [-0.1, -0.05) is 0 Å². The van der Waals surface area contributed by atoms with Gasteiger partial charge >= 0.3 is 6.03 Å². The van der Waals surface area contributed by atoms with Gasteiger partial charge in [-0.25, -0.2) is 9.78 Å². The van der Waals surface area contributed by atoms with Gasteiger partial charge in [0.15, 0.2) is 0 Å². The van der Waals surface area contributed by atoms with Crippen molar-refractivity contribution in [2.24, 2.45) is 13.0 Å². The maximum Gasteiger partial charge on any atom is 0.315 e. The minimum absolute atomic E-state index is 0.0262. The van der Waals surface area contributed by atoms with Crippen LogP contribution >= 0.6 is 11.3 Å². The predicted molar refractivity (Wildman–Crippen MR) is 90.3 cm³/mol. The molecular formula is C16H23N5OS. The Morgan fingerprint density at radius 1 is 1.39 bits per heavy atom. The van der Waals surface area contributed by atoms with Crippen LogP contribution in [0.4, 0.5) is 4.79 Å². The van der Waals surface area contributed by atoms with Gasteiger partial charge in [-0.3, -0.25) is 4.68 Å². The number of aromatic nitrogens is 3. The molecule has 2 aromatic heterocycles. The van der Waals surface area contributed by atoms with Crippen molar-refractivity contribution in [2.45, 2.75) is 45.7 Å². The Morgan fingerprint density at radius 3 is 2.65 bits per heavy atom. The molecule has 1 aliphatic carbocycles. The average Bonchev–Trinajstić information content (AvgIpc) is 3.11. The molecule has 7 heteroatoms. The predicted octanol–water partition coefficient (Wildman–Crippen LogP) is 3.00. The largest absolute Gasteiger partial charge is 0.331 e. The van der Waals surface area contributed by atoms with E-state index in [-0.39, 0.29) is 18.1 Å². The molecule has 2 heterocycles. The summed E-state index contributed by atoms with van der Waals surface area (Å²) in [5.74, 6) is 0.518. The van der Waals surface area contributed by atoms with Crippen LogP contribution in [0.2, 0.25) is 0 Å². The smallest absolute Gasteiger partial charge is 0.315 e. The van der Waals surface area contributed by atoms with E-state index in [0.717, 1.165) is 34.8 Å². The fourth-order valence-electron chi connectivity index (χ4n) is 3.07. The number of amides is 2. The van der Waals surface area contributed by atoms with Gasteiger partial charge in [0.25, 0.3) is 0 Å². The third-order valence-electron chi connectivity index (χ3n) is 4.44. The van der Waals surface area contributed by atoms with Crippen LogP contribution in [0.5, 0.6) is 0 Å². The van der Waals surface area contributed by atoms with Crippen molar-refractivity contribution >= 4 is 17.4 Å². The molecule has 0 spiro atoms. The zero-order valence-corrected chi connectivity index (χ0v) is 14.8. The third kappa shape index (κ3) is 3.39. The highest BCUT2D eigenvalue weighted by Crippen LogP contribution is 2.41. The van der Waals surface area contributed by atoms with E-state index in [1.54, 1.807) is 17.5 Å². The first-order valence-corrected chi connectivity index (χ1v) is 8.82. The summed E-state index contributed by atoms with van der Waals surface area (Å²) in [4.78, 5) is 16.8. The Kier molecular flexibility index (Phi) is 4.39. The third-order valence-corrected chi connectivity index (χ3v) is 5.30. The molecule has 0 aliphatic heterocycles. The first-order valence-electron chi connectivity index (χ1n) is 7.94. The molecule has 6 nitrogen and oxygen atoms in total. The quantitative estimate of drug-likeness (QED) is 0.883. The lowest BCUT2D eigenvalue weighted by molar-refractivity contribution is 0.232. The maximum atomic E-state index is 12.4. The molecule has 0 saturated heterocycles. The van der Waals surface area contributed by atoms with Crippen molar-refractivity contribution in [3.63, 3.8) is 0 Å². The van der Waals surface area contributed by atoms with Crippen molar-refractivity contribution < 1.29 is 4.79 Å². The van der Waals surface area contributed by atoms with E-state index < -0.39 is 0 Å². The molecule has 0 radical (unpaired) electrons. The lowest BCUT2D eigenvalue weighted by Gasteiger charge is -2.20. The van der Waals surface area contributed by atoms with Gasteiger partial charge < -0.3 is 10.6 Å². The number of rotatable bonds is 5. The fourth-order valence-corrected chi connectivity index (χ4v) is 3.85. The Bertz CT molecular complexity index is 690. The van der Waals surface area contributed by atoms with Crippen LogP contribution in [0.1, 0.15) is 53.8 Å². The van der Waals surface area contributed by atoms with Gasteiger partial charge in [0.05, 0.1) is 17.8 Å². The van der Waals surface area contributed by atoms with Crippen molar-refractivity contribution in [3.05, 3.63) is 33.5 Å². The number of nitrogens with one attached hydrogen (secondary N) is 2. The first kappa shape index (κ1) is 16.0. The summed E-state index contributed by atoms with van der Waals surface area (Å²) in [6, 6.07) is -0.203. The summed E-state index contributed by atoms with van der Waals surface area (Å²) in [5, 5.41) is 13.5. The summed E-state index contributed by atoms with van der Waals surface area (Å²) in [5.41, 5.74) is 3.12. The number of urea groups is 1. The van der Waals surface area contributed by atoms with E-state index >= 15 is 0 Å². The summed E-state index contributed by atoms with van der Waals surface area (Å²) in [7, 11) is 1.92. The van der Waals surface area contributed by atoms with Crippen LogP contribution < -0.4 is 10.6 Å². The van der Waals surface area contributed by atoms with Crippen molar-refractivity contribution in [1.82, 2.24) is 25.4 Å². The van der Waals surface area contributed by atoms with Crippen molar-refractivity contribution in [1.29, 1.82) is 0 Å². The molecule has 2 aromatic rings. The minimum Gasteiger partial charge on any atom is -0.331 e. The molecule has 1 saturated carbocycles. The lowest BCUT2D eigenvalue weighted by Crippen LogP contribution is -2.40. The van der Waals surface area contributed by atoms with E-state index in [4.69, 9.17) is 0 Å². The van der Waals surface area contributed by atoms with E-state index in [0.29, 0.717) is 5.92 Å². The SMILES string of the molecule is Cc1nn(C)c(C)c1[C@@H](C)NC(=O)N[C@@H](c1nccs1)C1CC1. The van der Waals surface area contributed by atoms with Crippen molar-refractivity contribution in [2.75, 3.05) is 0 Å². The first-order chi connectivity index (χ1) is 11.0. The average molecular weight is 333 g/mol. The topological polar surface area (TPSA) is 71.8 Å². The molecule has 0 aromatic carbocycles. The second-order valence-corrected chi connectivity index (χ2v) is 7.16. The Balaban J connectivity index is 1.66. The maximum absolute atomic E-state index is 12.4. The van der Waals surface area contributed by atoms with Gasteiger partial charge in [0.2, 0.25) is 0 Å². The van der Waals surface area contributed by atoms with Crippen LogP contribution in [-0.2, 0) is 7.05 Å². The highest BCUT2D eigenvalue weighted by atomic mass is 32.1. The van der Waals surface area contributed by atoms with Gasteiger partial charge in [-0.05, 0) is 39.5 Å². The molecule has 0 bridgehead atoms. The molecule has 2 N–H and O–H groups in total. The van der Waals surface area contributed by atoms with E-state index in [1.165, 1.54) is 0 Å². The number of hydrogen-bond acceptors (Lipinski definition) is 4. The summed E-state index contributed by atoms with van der Waals surface area (Å²) >= 11 is 1.60. The molecule has 1 fully saturated rings. The number of hydrogen-bond donors (Lipinski definition) is 2. The second-order valence-electron chi connectivity index (χ2n) is 6.23. The molecule has 2 atom stereocenters. The van der Waals surface area contributed by atoms with E-state index in [2.05, 4.69) is 20.7 Å². The summed E-state index contributed by atoms with van der Waals surface area (Å²) in [6.45, 7) is 5.99. The van der Waals surface area contributed by atoms with Gasteiger partial charge in [0.1, 0.15) is 5.01 Å². The van der Waals surface area contributed by atoms with Gasteiger partial charge in [-0.15, -0.1) is 11.3 Å². The van der Waals surface area contributed by atoms with Gasteiger partial charge in [0, 0.05) is 29.9 Å². The number of carbonyl (C=O) groups is 1. The molecule has 2 amide bonds.